The Bertz CT molecular complexity index is 710. The lowest BCUT2D eigenvalue weighted by molar-refractivity contribution is 0.506. The molecule has 1 aliphatic rings. The van der Waals surface area contributed by atoms with Gasteiger partial charge in [0, 0.05) is 17.8 Å². The molecule has 1 aromatic carbocycles. The van der Waals surface area contributed by atoms with E-state index in [9.17, 15) is 13.6 Å². The lowest BCUT2D eigenvalue weighted by atomic mass is 10.1. The van der Waals surface area contributed by atoms with E-state index in [0.717, 1.165) is 25.0 Å². The van der Waals surface area contributed by atoms with E-state index in [4.69, 9.17) is 5.73 Å². The molecule has 112 valence electrons. The second kappa shape index (κ2) is 5.61. The van der Waals surface area contributed by atoms with Gasteiger partial charge in [0.2, 0.25) is 0 Å². The Kier molecular flexibility index (Phi) is 3.81. The number of nitrogens with one attached hydrogen (secondary N) is 1. The number of aromatic nitrogens is 3. The first-order valence-corrected chi connectivity index (χ1v) is 7.55. The fourth-order valence-electron chi connectivity index (χ4n) is 2.05. The molecule has 1 heterocycles. The standard InChI is InChI=1S/C13H14F2N4OS/c14-9-4-1-7(5-10(9)15)11(16)6-21-13-18-17-12(20)19(13)8-2-3-8/h1,4-5,8,11H,2-3,6,16H2,(H,17,20). The van der Waals surface area contributed by atoms with E-state index in [2.05, 4.69) is 10.2 Å². The van der Waals surface area contributed by atoms with Crippen LogP contribution in [-0.4, -0.2) is 20.5 Å². The van der Waals surface area contributed by atoms with Crippen molar-refractivity contribution < 1.29 is 8.78 Å². The van der Waals surface area contributed by atoms with Gasteiger partial charge in [-0.15, -0.1) is 5.10 Å². The zero-order valence-electron chi connectivity index (χ0n) is 11.1. The predicted molar refractivity (Wildman–Crippen MR) is 75.1 cm³/mol. The molecule has 1 aliphatic carbocycles. The molecule has 1 aromatic heterocycles. The Morgan fingerprint density at radius 2 is 2.19 bits per heavy atom. The van der Waals surface area contributed by atoms with Gasteiger partial charge in [0.05, 0.1) is 0 Å². The van der Waals surface area contributed by atoms with Crippen LogP contribution in [0.4, 0.5) is 8.78 Å². The molecule has 1 saturated carbocycles. The first-order valence-electron chi connectivity index (χ1n) is 6.56. The van der Waals surface area contributed by atoms with Crippen molar-refractivity contribution in [3.8, 4) is 0 Å². The van der Waals surface area contributed by atoms with Crippen LogP contribution in [0, 0.1) is 11.6 Å². The smallest absolute Gasteiger partial charge is 0.323 e. The number of halogens is 2. The van der Waals surface area contributed by atoms with E-state index in [-0.39, 0.29) is 11.7 Å². The van der Waals surface area contributed by atoms with Gasteiger partial charge in [-0.05, 0) is 30.5 Å². The summed E-state index contributed by atoms with van der Waals surface area (Å²) in [5, 5.41) is 6.98. The SMILES string of the molecule is NC(CSc1n[nH]c(=O)n1C1CC1)c1ccc(F)c(F)c1. The topological polar surface area (TPSA) is 76.7 Å². The molecule has 0 bridgehead atoms. The molecule has 0 spiro atoms. The van der Waals surface area contributed by atoms with Crippen LogP contribution in [0.3, 0.4) is 0 Å². The van der Waals surface area contributed by atoms with Crippen LogP contribution >= 0.6 is 11.8 Å². The van der Waals surface area contributed by atoms with Gasteiger partial charge in [0.15, 0.2) is 16.8 Å². The lowest BCUT2D eigenvalue weighted by Crippen LogP contribution is -2.17. The number of aromatic amines is 1. The molecule has 0 saturated heterocycles. The summed E-state index contributed by atoms with van der Waals surface area (Å²) < 4.78 is 27.7. The van der Waals surface area contributed by atoms with Crippen molar-refractivity contribution in [1.82, 2.24) is 14.8 Å². The maximum Gasteiger partial charge on any atom is 0.344 e. The number of rotatable bonds is 5. The van der Waals surface area contributed by atoms with Crippen molar-refractivity contribution in [2.24, 2.45) is 5.73 Å². The molecule has 1 unspecified atom stereocenters. The van der Waals surface area contributed by atoms with Crippen molar-refractivity contribution in [3.63, 3.8) is 0 Å². The van der Waals surface area contributed by atoms with Crippen molar-refractivity contribution in [2.45, 2.75) is 30.1 Å². The largest absolute Gasteiger partial charge is 0.344 e. The molecule has 3 rings (SSSR count). The van der Waals surface area contributed by atoms with Gasteiger partial charge < -0.3 is 5.73 Å². The van der Waals surface area contributed by atoms with E-state index in [1.807, 2.05) is 0 Å². The number of H-pyrrole nitrogens is 1. The van der Waals surface area contributed by atoms with Gasteiger partial charge in [0.1, 0.15) is 0 Å². The molecular weight excluding hydrogens is 298 g/mol. The Morgan fingerprint density at radius 1 is 1.43 bits per heavy atom. The molecule has 0 radical (unpaired) electrons. The monoisotopic (exact) mass is 312 g/mol. The molecular formula is C13H14F2N4OS. The molecule has 0 aliphatic heterocycles. The van der Waals surface area contributed by atoms with E-state index in [0.29, 0.717) is 16.5 Å². The first kappa shape index (κ1) is 14.3. The highest BCUT2D eigenvalue weighted by atomic mass is 32.2. The van der Waals surface area contributed by atoms with Crippen LogP contribution in [0.15, 0.2) is 28.2 Å². The fourth-order valence-corrected chi connectivity index (χ4v) is 3.05. The minimum atomic E-state index is -0.914. The summed E-state index contributed by atoms with van der Waals surface area (Å²) in [6.45, 7) is 0. The fraction of sp³-hybridized carbons (Fsp3) is 0.385. The lowest BCUT2D eigenvalue weighted by Gasteiger charge is -2.12. The minimum absolute atomic E-state index is 0.221. The number of benzene rings is 1. The van der Waals surface area contributed by atoms with E-state index < -0.39 is 17.7 Å². The third-order valence-corrected chi connectivity index (χ3v) is 4.42. The van der Waals surface area contributed by atoms with E-state index >= 15 is 0 Å². The number of nitrogens with two attached hydrogens (primary N) is 1. The number of nitrogens with zero attached hydrogens (tertiary/aromatic N) is 2. The summed E-state index contributed by atoms with van der Waals surface area (Å²) in [6.07, 6.45) is 1.95. The highest BCUT2D eigenvalue weighted by Gasteiger charge is 2.28. The van der Waals surface area contributed by atoms with Crippen LogP contribution in [0.1, 0.15) is 30.5 Å². The molecule has 1 atom stereocenters. The zero-order valence-corrected chi connectivity index (χ0v) is 11.9. The molecule has 21 heavy (non-hydrogen) atoms. The van der Waals surface area contributed by atoms with Gasteiger partial charge in [-0.25, -0.2) is 18.7 Å². The predicted octanol–water partition coefficient (Wildman–Crippen LogP) is 1.98. The molecule has 8 heteroatoms. The van der Waals surface area contributed by atoms with Crippen LogP contribution in [0.25, 0.3) is 0 Å². The maximum atomic E-state index is 13.2. The average Bonchev–Trinajstić information content (AvgIpc) is 3.23. The van der Waals surface area contributed by atoms with Crippen molar-refractivity contribution >= 4 is 11.8 Å². The maximum absolute atomic E-state index is 13.2. The van der Waals surface area contributed by atoms with Gasteiger partial charge in [-0.1, -0.05) is 17.8 Å². The number of hydrogen-bond donors (Lipinski definition) is 2. The summed E-state index contributed by atoms with van der Waals surface area (Å²) in [6, 6.07) is 3.37. The third kappa shape index (κ3) is 3.01. The van der Waals surface area contributed by atoms with Crippen LogP contribution in [0.5, 0.6) is 0 Å². The third-order valence-electron chi connectivity index (χ3n) is 3.35. The van der Waals surface area contributed by atoms with Crippen LogP contribution < -0.4 is 11.4 Å². The first-order chi connectivity index (χ1) is 10.1. The summed E-state index contributed by atoms with van der Waals surface area (Å²) in [4.78, 5) is 11.6. The van der Waals surface area contributed by atoms with Gasteiger partial charge in [-0.3, -0.25) is 4.57 Å². The van der Waals surface area contributed by atoms with Crippen LogP contribution in [-0.2, 0) is 0 Å². The molecule has 2 aromatic rings. The average molecular weight is 312 g/mol. The molecule has 1 fully saturated rings. The molecule has 3 N–H and O–H groups in total. The highest BCUT2D eigenvalue weighted by Crippen LogP contribution is 2.36. The summed E-state index contributed by atoms with van der Waals surface area (Å²) >= 11 is 1.33. The Balaban J connectivity index is 1.69. The zero-order chi connectivity index (χ0) is 15.0. The van der Waals surface area contributed by atoms with Crippen molar-refractivity contribution in [3.05, 3.63) is 45.9 Å². The summed E-state index contributed by atoms with van der Waals surface area (Å²) in [7, 11) is 0. The quantitative estimate of drug-likeness (QED) is 0.828. The molecule has 5 nitrogen and oxygen atoms in total. The van der Waals surface area contributed by atoms with Crippen molar-refractivity contribution in [1.29, 1.82) is 0 Å². The highest BCUT2D eigenvalue weighted by molar-refractivity contribution is 7.99. The van der Waals surface area contributed by atoms with Gasteiger partial charge in [-0.2, -0.15) is 0 Å². The van der Waals surface area contributed by atoms with Gasteiger partial charge >= 0.3 is 5.69 Å². The second-order valence-electron chi connectivity index (χ2n) is 5.00. The summed E-state index contributed by atoms with van der Waals surface area (Å²) in [5.74, 6) is -1.39. The Labute approximate surface area is 123 Å². The van der Waals surface area contributed by atoms with Crippen molar-refractivity contribution in [2.75, 3.05) is 5.75 Å². The van der Waals surface area contributed by atoms with Gasteiger partial charge in [0.25, 0.3) is 0 Å². The van der Waals surface area contributed by atoms with Crippen LogP contribution in [0.2, 0.25) is 0 Å². The number of hydrogen-bond acceptors (Lipinski definition) is 4. The second-order valence-corrected chi connectivity index (χ2v) is 5.99. The Hall–Kier alpha value is -1.67. The van der Waals surface area contributed by atoms with E-state index in [1.54, 1.807) is 4.57 Å². The Morgan fingerprint density at radius 3 is 2.86 bits per heavy atom. The van der Waals surface area contributed by atoms with E-state index in [1.165, 1.54) is 17.8 Å². The minimum Gasteiger partial charge on any atom is -0.323 e. The number of thioether (sulfide) groups is 1. The normalized spacial score (nSPS) is 16.1. The molecule has 0 amide bonds. The summed E-state index contributed by atoms with van der Waals surface area (Å²) in [5.41, 5.74) is 6.27.